The molecule has 0 amide bonds. The van der Waals surface area contributed by atoms with Gasteiger partial charge >= 0.3 is 0 Å². The van der Waals surface area contributed by atoms with E-state index in [4.69, 9.17) is 0 Å². The van der Waals surface area contributed by atoms with E-state index in [2.05, 4.69) is 234 Å². The van der Waals surface area contributed by atoms with Crippen molar-refractivity contribution in [3.8, 4) is 39.1 Å². The van der Waals surface area contributed by atoms with E-state index < -0.39 is 0 Å². The molecule has 0 spiro atoms. The zero-order valence-electron chi connectivity index (χ0n) is 37.3. The predicted octanol–water partition coefficient (Wildman–Crippen LogP) is 18.8. The van der Waals surface area contributed by atoms with Gasteiger partial charge in [-0.25, -0.2) is 0 Å². The summed E-state index contributed by atoms with van der Waals surface area (Å²) in [6, 6.07) is 83.6. The first-order chi connectivity index (χ1) is 33.3. The lowest BCUT2D eigenvalue weighted by molar-refractivity contribution is 0.445. The van der Waals surface area contributed by atoms with Gasteiger partial charge in [-0.1, -0.05) is 183 Å². The number of hydrogen-bond acceptors (Lipinski definition) is 2. The summed E-state index contributed by atoms with van der Waals surface area (Å²) in [7, 11) is 0. The lowest BCUT2D eigenvalue weighted by atomic mass is 9.80. The zero-order valence-corrected chi connectivity index (χ0v) is 38.1. The van der Waals surface area contributed by atoms with Gasteiger partial charge in [-0.05, 0) is 118 Å². The van der Waals surface area contributed by atoms with Crippen LogP contribution in [0, 0.1) is 0 Å². The van der Waals surface area contributed by atoms with Crippen molar-refractivity contribution in [1.82, 2.24) is 4.57 Å². The van der Waals surface area contributed by atoms with Crippen molar-refractivity contribution in [3.05, 3.63) is 230 Å². The first-order valence-corrected chi connectivity index (χ1v) is 24.7. The van der Waals surface area contributed by atoms with Crippen LogP contribution in [-0.2, 0) is 0 Å². The van der Waals surface area contributed by atoms with Crippen molar-refractivity contribution in [2.24, 2.45) is 0 Å². The van der Waals surface area contributed by atoms with Crippen molar-refractivity contribution in [2.45, 2.75) is 38.0 Å². The predicted molar refractivity (Wildman–Crippen MR) is 288 cm³/mol. The molecular formula is C64H48N2S. The number of anilines is 3. The SMILES string of the molecule is c1ccc(-n2c3ccccc3c3cccc(-c4cccc(N(c5cccc(-c6cccc7sc8ccccc8c67)c5)c5ccccc5-c5cccc6cccc(C7CCCCC7)c56)c4)c32)cc1. The van der Waals surface area contributed by atoms with Gasteiger partial charge in [0.05, 0.1) is 16.7 Å². The highest BCUT2D eigenvalue weighted by molar-refractivity contribution is 7.25. The average Bonchev–Trinajstić information content (AvgIpc) is 3.96. The quantitative estimate of drug-likeness (QED) is 0.148. The molecule has 2 heterocycles. The second kappa shape index (κ2) is 16.6. The maximum absolute atomic E-state index is 2.52. The Hall–Kier alpha value is -7.72. The summed E-state index contributed by atoms with van der Waals surface area (Å²) in [5.74, 6) is 0.570. The lowest BCUT2D eigenvalue weighted by Gasteiger charge is -2.30. The molecular weight excluding hydrogens is 829 g/mol. The van der Waals surface area contributed by atoms with Gasteiger partial charge in [0.1, 0.15) is 0 Å². The average molecular weight is 877 g/mol. The van der Waals surface area contributed by atoms with Gasteiger partial charge in [0, 0.05) is 59.1 Å². The van der Waals surface area contributed by atoms with E-state index in [1.807, 2.05) is 11.3 Å². The number of rotatable bonds is 8. The van der Waals surface area contributed by atoms with Crippen LogP contribution >= 0.6 is 11.3 Å². The third-order valence-electron chi connectivity index (χ3n) is 14.4. The van der Waals surface area contributed by atoms with Crippen molar-refractivity contribution in [1.29, 1.82) is 0 Å². The molecule has 2 aromatic heterocycles. The molecule has 67 heavy (non-hydrogen) atoms. The van der Waals surface area contributed by atoms with E-state index in [1.54, 1.807) is 0 Å². The summed E-state index contributed by atoms with van der Waals surface area (Å²) in [5.41, 5.74) is 15.8. The maximum atomic E-state index is 2.52. The Morgan fingerprint density at radius 2 is 1.01 bits per heavy atom. The molecule has 1 saturated carbocycles. The molecule has 0 aliphatic heterocycles. The number of benzene rings is 10. The molecule has 3 heteroatoms. The molecule has 0 atom stereocenters. The van der Waals surface area contributed by atoms with Crippen molar-refractivity contribution in [3.63, 3.8) is 0 Å². The van der Waals surface area contributed by atoms with Gasteiger partial charge in [-0.15, -0.1) is 11.3 Å². The number of para-hydroxylation sites is 4. The van der Waals surface area contributed by atoms with Gasteiger partial charge in [0.25, 0.3) is 0 Å². The molecule has 0 bridgehead atoms. The number of fused-ring (bicyclic) bond motifs is 7. The van der Waals surface area contributed by atoms with Crippen LogP contribution in [0.1, 0.15) is 43.6 Å². The molecule has 0 saturated heterocycles. The van der Waals surface area contributed by atoms with Gasteiger partial charge < -0.3 is 9.47 Å². The van der Waals surface area contributed by atoms with Crippen LogP contribution in [0.5, 0.6) is 0 Å². The highest BCUT2D eigenvalue weighted by atomic mass is 32.1. The normalized spacial score (nSPS) is 13.3. The topological polar surface area (TPSA) is 8.17 Å². The minimum atomic E-state index is 0.570. The van der Waals surface area contributed by atoms with E-state index in [0.29, 0.717) is 5.92 Å². The Kier molecular flexibility index (Phi) is 9.83. The zero-order chi connectivity index (χ0) is 44.3. The number of aromatic nitrogens is 1. The summed E-state index contributed by atoms with van der Waals surface area (Å²) < 4.78 is 5.07. The number of hydrogen-bond donors (Lipinski definition) is 0. The Morgan fingerprint density at radius 1 is 0.418 bits per heavy atom. The van der Waals surface area contributed by atoms with Crippen molar-refractivity contribution >= 4 is 81.1 Å². The standard InChI is InChI=1S/C64H48N2S/c1-3-19-43(20-4-1)50-32-15-21-44-22-16-35-55(62(44)50)53-29-7-10-37-58(53)65(48-27-13-23-45(41-48)51-33-18-40-61-63(51)57-31-9-12-39-60(57)67-61)49-28-14-24-46(42-49)52-34-17-36-56-54-30-8-11-38-59(54)66(64(52)56)47-25-5-2-6-26-47/h2,5-18,21-43H,1,3-4,19-20H2. The van der Waals surface area contributed by atoms with Crippen LogP contribution in [0.3, 0.4) is 0 Å². The highest BCUT2D eigenvalue weighted by Gasteiger charge is 2.24. The van der Waals surface area contributed by atoms with E-state index in [9.17, 15) is 0 Å². The Labute approximate surface area is 395 Å². The highest BCUT2D eigenvalue weighted by Crippen LogP contribution is 2.48. The molecule has 0 N–H and O–H groups in total. The Balaban J connectivity index is 1.05. The summed E-state index contributed by atoms with van der Waals surface area (Å²) >= 11 is 1.88. The minimum absolute atomic E-state index is 0.570. The fraction of sp³-hybridized carbons (Fsp3) is 0.0938. The first kappa shape index (κ1) is 39.6. The van der Waals surface area contributed by atoms with Crippen LogP contribution in [0.2, 0.25) is 0 Å². The third kappa shape index (κ3) is 6.76. The lowest BCUT2D eigenvalue weighted by Crippen LogP contribution is -2.12. The molecule has 320 valence electrons. The number of thiophene rings is 1. The van der Waals surface area contributed by atoms with Crippen molar-refractivity contribution in [2.75, 3.05) is 4.90 Å². The second-order valence-electron chi connectivity index (χ2n) is 18.2. The third-order valence-corrected chi connectivity index (χ3v) is 15.5. The van der Waals surface area contributed by atoms with Crippen LogP contribution in [-0.4, -0.2) is 4.57 Å². The van der Waals surface area contributed by atoms with E-state index in [1.165, 1.54) is 124 Å². The van der Waals surface area contributed by atoms with Crippen LogP contribution in [0.15, 0.2) is 224 Å². The van der Waals surface area contributed by atoms with Crippen LogP contribution < -0.4 is 4.90 Å². The molecule has 2 nitrogen and oxygen atoms in total. The van der Waals surface area contributed by atoms with Crippen molar-refractivity contribution < 1.29 is 0 Å². The summed E-state index contributed by atoms with van der Waals surface area (Å²) in [4.78, 5) is 2.52. The molecule has 0 radical (unpaired) electrons. The second-order valence-corrected chi connectivity index (χ2v) is 19.3. The van der Waals surface area contributed by atoms with Crippen LogP contribution in [0.4, 0.5) is 17.1 Å². The molecule has 13 rings (SSSR count). The molecule has 12 aromatic rings. The summed E-state index contributed by atoms with van der Waals surface area (Å²) in [6.07, 6.45) is 6.44. The van der Waals surface area contributed by atoms with E-state index in [-0.39, 0.29) is 0 Å². The maximum Gasteiger partial charge on any atom is 0.0619 e. The molecule has 1 aliphatic rings. The minimum Gasteiger partial charge on any atom is -0.310 e. The fourth-order valence-corrected chi connectivity index (χ4v) is 12.5. The first-order valence-electron chi connectivity index (χ1n) is 23.9. The van der Waals surface area contributed by atoms with Gasteiger partial charge in [0.2, 0.25) is 0 Å². The fourth-order valence-electron chi connectivity index (χ4n) is 11.4. The monoisotopic (exact) mass is 876 g/mol. The van der Waals surface area contributed by atoms with Gasteiger partial charge in [-0.3, -0.25) is 0 Å². The van der Waals surface area contributed by atoms with E-state index in [0.717, 1.165) is 22.7 Å². The number of nitrogens with zero attached hydrogens (tertiary/aromatic N) is 2. The summed E-state index contributed by atoms with van der Waals surface area (Å²) in [5, 5.41) is 7.83. The molecule has 1 fully saturated rings. The Bertz CT molecular complexity index is 3810. The summed E-state index contributed by atoms with van der Waals surface area (Å²) in [6.45, 7) is 0. The molecule has 0 unspecified atom stereocenters. The van der Waals surface area contributed by atoms with E-state index >= 15 is 0 Å². The smallest absolute Gasteiger partial charge is 0.0619 e. The molecule has 10 aromatic carbocycles. The largest absolute Gasteiger partial charge is 0.310 e. The Morgan fingerprint density at radius 3 is 1.85 bits per heavy atom. The van der Waals surface area contributed by atoms with Crippen LogP contribution in [0.25, 0.3) is 91.8 Å². The molecule has 1 aliphatic carbocycles. The van der Waals surface area contributed by atoms with Gasteiger partial charge in [0.15, 0.2) is 0 Å². The van der Waals surface area contributed by atoms with Gasteiger partial charge in [-0.2, -0.15) is 0 Å².